The van der Waals surface area contributed by atoms with Crippen LogP contribution >= 0.6 is 0 Å². The third-order valence-corrected chi connectivity index (χ3v) is 3.03. The van der Waals surface area contributed by atoms with Crippen molar-refractivity contribution < 1.29 is 32.7 Å². The molecule has 0 fully saturated rings. The van der Waals surface area contributed by atoms with E-state index in [9.17, 15) is 0 Å². The second kappa shape index (κ2) is 10.4. The molecule has 1 atom stereocenters. The van der Waals surface area contributed by atoms with Crippen molar-refractivity contribution in [3.63, 3.8) is 0 Å². The number of hydrogen-bond acceptors (Lipinski definition) is 2. The van der Waals surface area contributed by atoms with Crippen LogP contribution in [0.2, 0.25) is 0 Å². The molecule has 0 saturated heterocycles. The zero-order valence-corrected chi connectivity index (χ0v) is 19.1. The summed E-state index contributed by atoms with van der Waals surface area (Å²) in [6.07, 6.45) is 3.75. The van der Waals surface area contributed by atoms with Crippen molar-refractivity contribution in [3.8, 4) is 11.1 Å². The predicted octanol–water partition coefficient (Wildman–Crippen LogP) is 5.26. The fourth-order valence-electron chi connectivity index (χ4n) is 2.21. The molecule has 0 spiro atoms. The van der Waals surface area contributed by atoms with Crippen LogP contribution < -0.4 is 5.32 Å². The van der Waals surface area contributed by atoms with Crippen molar-refractivity contribution in [2.75, 3.05) is 0 Å². The Bertz CT molecular complexity index is 577. The Hall–Kier alpha value is -0.636. The molecule has 24 heavy (non-hydrogen) atoms. The van der Waals surface area contributed by atoms with Gasteiger partial charge in [-0.2, -0.15) is 27.8 Å². The molecule has 0 amide bonds. The van der Waals surface area contributed by atoms with Gasteiger partial charge in [0.1, 0.15) is 0 Å². The molecule has 2 rings (SSSR count). The third kappa shape index (κ3) is 9.01. The minimum Gasteiger partial charge on any atom is -0.408 e. The van der Waals surface area contributed by atoms with Crippen LogP contribution in [0.1, 0.15) is 60.1 Å². The summed E-state index contributed by atoms with van der Waals surface area (Å²) in [5, 5.41) is 7.66. The topological polar surface area (TPSA) is 29.9 Å². The number of nitrogens with one attached hydrogen (secondary N) is 1. The molecule has 0 saturated carbocycles. The van der Waals surface area contributed by atoms with E-state index in [0.29, 0.717) is 6.04 Å². The van der Waals surface area contributed by atoms with Crippen LogP contribution in [0.5, 0.6) is 0 Å². The van der Waals surface area contributed by atoms with Gasteiger partial charge in [-0.3, -0.25) is 0 Å². The molecular weight excluding hydrogens is 371 g/mol. The van der Waals surface area contributed by atoms with Gasteiger partial charge < -0.3 is 15.9 Å². The van der Waals surface area contributed by atoms with Crippen LogP contribution in [0.3, 0.4) is 0 Å². The zero-order chi connectivity index (χ0) is 17.6. The summed E-state index contributed by atoms with van der Waals surface area (Å²) in [4.78, 5) is 0. The Morgan fingerprint density at radius 1 is 1.08 bits per heavy atom. The number of nitrogens with zero attached hydrogens (tertiary/aromatic N) is 2. The summed E-state index contributed by atoms with van der Waals surface area (Å²) in [5.74, 6) is 1.42. The Labute approximate surface area is 173 Å². The number of hydrogen-bond donors (Lipinski definition) is 1. The summed E-state index contributed by atoms with van der Waals surface area (Å²) < 4.78 is 1.58. The Morgan fingerprint density at radius 3 is 1.96 bits per heavy atom. The number of rotatable bonds is 3. The van der Waals surface area contributed by atoms with Gasteiger partial charge in [-0.25, -0.2) is 5.10 Å². The zero-order valence-electron chi connectivity index (χ0n) is 16.2. The molecule has 0 bridgehead atoms. The SMILES string of the molecule is C[C-](C)C.[CH2-]n1cc(-c2ccc([C@H](C)NC(C)(C)C)cc2)cn1.[Y]. The number of benzene rings is 1. The first kappa shape index (κ1) is 23.4. The molecule has 131 valence electrons. The molecule has 4 heteroatoms. The van der Waals surface area contributed by atoms with E-state index in [0.717, 1.165) is 5.56 Å². The van der Waals surface area contributed by atoms with Gasteiger partial charge in [0.15, 0.2) is 0 Å². The summed E-state index contributed by atoms with van der Waals surface area (Å²) in [6, 6.07) is 8.93. The smallest absolute Gasteiger partial charge is 0.0358 e. The van der Waals surface area contributed by atoms with Crippen LogP contribution in [0.15, 0.2) is 36.7 Å². The minimum atomic E-state index is 0. The summed E-state index contributed by atoms with van der Waals surface area (Å²) in [6.45, 7) is 15.0. The summed E-state index contributed by atoms with van der Waals surface area (Å²) in [5.41, 5.74) is 3.67. The van der Waals surface area contributed by atoms with Gasteiger partial charge in [0, 0.05) is 50.5 Å². The Balaban J connectivity index is 0.000000954. The van der Waals surface area contributed by atoms with Gasteiger partial charge in [0.05, 0.1) is 0 Å². The Morgan fingerprint density at radius 2 is 1.58 bits per heavy atom. The fraction of sp³-hybridized carbons (Fsp3) is 0.450. The second-order valence-corrected chi connectivity index (χ2v) is 7.51. The molecule has 0 aliphatic rings. The Kier molecular flexibility index (Phi) is 10.1. The van der Waals surface area contributed by atoms with Crippen LogP contribution in [-0.2, 0) is 32.7 Å². The van der Waals surface area contributed by atoms with E-state index in [4.69, 9.17) is 0 Å². The van der Waals surface area contributed by atoms with E-state index in [1.54, 1.807) is 4.68 Å². The van der Waals surface area contributed by atoms with Gasteiger partial charge in [-0.1, -0.05) is 29.8 Å². The van der Waals surface area contributed by atoms with Crippen molar-refractivity contribution in [1.29, 1.82) is 0 Å². The maximum Gasteiger partial charge on any atom is 0.0358 e. The van der Waals surface area contributed by atoms with Crippen molar-refractivity contribution >= 4 is 0 Å². The molecular formula is C20H31N3Y-2. The van der Waals surface area contributed by atoms with Gasteiger partial charge in [0.25, 0.3) is 0 Å². The fourth-order valence-corrected chi connectivity index (χ4v) is 2.21. The molecule has 1 heterocycles. The quantitative estimate of drug-likeness (QED) is 0.710. The van der Waals surface area contributed by atoms with Gasteiger partial charge in [-0.05, 0) is 38.8 Å². The van der Waals surface area contributed by atoms with Gasteiger partial charge in [-0.15, -0.1) is 6.20 Å². The van der Waals surface area contributed by atoms with E-state index < -0.39 is 0 Å². The standard InChI is InChI=1S/C16H22N3.C4H9.Y/c1-12(18-16(2,3)4)13-6-8-14(9-7-13)15-10-17-19(5)11-15;1-4(2)3;/h6-12,18H,5H2,1-4H3;1-3H3;/q2*-1;/t12-;;/m0../s1. The van der Waals surface area contributed by atoms with E-state index in [-0.39, 0.29) is 38.2 Å². The average Bonchev–Trinajstić information content (AvgIpc) is 2.83. The largest absolute Gasteiger partial charge is 0.408 e. The third-order valence-electron chi connectivity index (χ3n) is 3.03. The van der Waals surface area contributed by atoms with Crippen molar-refractivity contribution in [2.24, 2.45) is 0 Å². The van der Waals surface area contributed by atoms with Crippen molar-refractivity contribution in [3.05, 3.63) is 55.2 Å². The van der Waals surface area contributed by atoms with Crippen molar-refractivity contribution in [2.45, 2.75) is 60.0 Å². The van der Waals surface area contributed by atoms with Gasteiger partial charge in [0.2, 0.25) is 0 Å². The second-order valence-electron chi connectivity index (χ2n) is 7.51. The van der Waals surface area contributed by atoms with E-state index in [2.05, 4.69) is 90.2 Å². The first-order valence-corrected chi connectivity index (χ1v) is 8.09. The van der Waals surface area contributed by atoms with Crippen LogP contribution in [-0.4, -0.2) is 15.3 Å². The normalized spacial score (nSPS) is 12.2. The summed E-state index contributed by atoms with van der Waals surface area (Å²) >= 11 is 0. The monoisotopic (exact) mass is 402 g/mol. The molecule has 1 aromatic carbocycles. The molecule has 3 nitrogen and oxygen atoms in total. The summed E-state index contributed by atoms with van der Waals surface area (Å²) in [7, 11) is 3.75. The van der Waals surface area contributed by atoms with Crippen LogP contribution in [0, 0.1) is 13.0 Å². The first-order chi connectivity index (χ1) is 10.6. The maximum absolute atomic E-state index is 4.09. The molecule has 1 radical (unpaired) electrons. The van der Waals surface area contributed by atoms with E-state index in [1.165, 1.54) is 17.0 Å². The molecule has 1 N–H and O–H groups in total. The molecule has 1 aromatic heterocycles. The molecule has 0 aliphatic carbocycles. The molecule has 2 aromatic rings. The molecule has 0 aliphatic heterocycles. The number of aromatic nitrogens is 2. The van der Waals surface area contributed by atoms with Crippen LogP contribution in [0.25, 0.3) is 11.1 Å². The van der Waals surface area contributed by atoms with Gasteiger partial charge >= 0.3 is 0 Å². The first-order valence-electron chi connectivity index (χ1n) is 8.09. The van der Waals surface area contributed by atoms with E-state index in [1.807, 2.05) is 12.4 Å². The predicted molar refractivity (Wildman–Crippen MR) is 100.0 cm³/mol. The molecule has 0 unspecified atom stereocenters. The average molecular weight is 402 g/mol. The van der Waals surface area contributed by atoms with Crippen LogP contribution in [0.4, 0.5) is 0 Å². The minimum absolute atomic E-state index is 0. The van der Waals surface area contributed by atoms with Crippen molar-refractivity contribution in [1.82, 2.24) is 15.1 Å². The maximum atomic E-state index is 4.09. The van der Waals surface area contributed by atoms with E-state index >= 15 is 0 Å².